The molecule has 31 heavy (non-hydrogen) atoms. The van der Waals surface area contributed by atoms with Crippen LogP contribution in [-0.4, -0.2) is 23.0 Å². The number of pyridine rings is 1. The van der Waals surface area contributed by atoms with Crippen molar-refractivity contribution in [3.05, 3.63) is 77.2 Å². The first-order chi connectivity index (χ1) is 14.6. The van der Waals surface area contributed by atoms with Gasteiger partial charge in [0.2, 0.25) is 0 Å². The number of hydrogen-bond donors (Lipinski definition) is 1. The van der Waals surface area contributed by atoms with Gasteiger partial charge in [0.1, 0.15) is 5.82 Å². The summed E-state index contributed by atoms with van der Waals surface area (Å²) in [6.45, 7) is 8.09. The van der Waals surface area contributed by atoms with Crippen LogP contribution >= 0.6 is 11.6 Å². The van der Waals surface area contributed by atoms with Gasteiger partial charge in [0.25, 0.3) is 10.0 Å². The van der Waals surface area contributed by atoms with Crippen LogP contribution in [0, 0.1) is 6.92 Å². The molecular weight excluding hydrogens is 432 g/mol. The quantitative estimate of drug-likeness (QED) is 0.443. The zero-order chi connectivity index (χ0) is 22.4. The van der Waals surface area contributed by atoms with Gasteiger partial charge in [-0.1, -0.05) is 44.5 Å². The minimum absolute atomic E-state index is 0.0624. The van der Waals surface area contributed by atoms with Crippen molar-refractivity contribution < 1.29 is 8.42 Å². The van der Waals surface area contributed by atoms with Gasteiger partial charge in [0, 0.05) is 11.2 Å². The van der Waals surface area contributed by atoms with Crippen molar-refractivity contribution in [3.8, 4) is 5.69 Å². The number of benzene rings is 2. The zero-order valence-electron chi connectivity index (χ0n) is 17.7. The van der Waals surface area contributed by atoms with Gasteiger partial charge in [-0.2, -0.15) is 0 Å². The first-order valence-electron chi connectivity index (χ1n) is 9.80. The average molecular weight is 455 g/mol. The highest BCUT2D eigenvalue weighted by molar-refractivity contribution is 7.92. The van der Waals surface area contributed by atoms with Crippen LogP contribution in [0.5, 0.6) is 0 Å². The summed E-state index contributed by atoms with van der Waals surface area (Å²) in [5, 5.41) is 0.484. The second-order valence-electron chi connectivity index (χ2n) is 8.38. The van der Waals surface area contributed by atoms with Crippen LogP contribution in [-0.2, 0) is 15.4 Å². The first-order valence-corrected chi connectivity index (χ1v) is 11.7. The van der Waals surface area contributed by atoms with Crippen LogP contribution in [0.1, 0.15) is 32.2 Å². The summed E-state index contributed by atoms with van der Waals surface area (Å²) in [7, 11) is -3.81. The van der Waals surface area contributed by atoms with Crippen LogP contribution < -0.4 is 4.72 Å². The number of hydrogen-bond acceptors (Lipinski definition) is 4. The first kappa shape index (κ1) is 21.3. The highest BCUT2D eigenvalue weighted by Crippen LogP contribution is 2.31. The second kappa shape index (κ2) is 7.66. The van der Waals surface area contributed by atoms with E-state index in [0.717, 1.165) is 11.1 Å². The molecule has 0 aliphatic carbocycles. The molecule has 4 rings (SSSR count). The highest BCUT2D eigenvalue weighted by atomic mass is 35.5. The van der Waals surface area contributed by atoms with Crippen molar-refractivity contribution in [3.63, 3.8) is 0 Å². The summed E-state index contributed by atoms with van der Waals surface area (Å²) >= 11 is 6.26. The second-order valence-corrected chi connectivity index (χ2v) is 10.5. The van der Waals surface area contributed by atoms with E-state index in [4.69, 9.17) is 11.6 Å². The molecule has 0 spiro atoms. The lowest BCUT2D eigenvalue weighted by atomic mass is 9.87. The van der Waals surface area contributed by atoms with Crippen molar-refractivity contribution in [1.82, 2.24) is 14.5 Å². The number of halogens is 1. The van der Waals surface area contributed by atoms with Crippen molar-refractivity contribution in [1.29, 1.82) is 0 Å². The van der Waals surface area contributed by atoms with Gasteiger partial charge >= 0.3 is 0 Å². The average Bonchev–Trinajstić information content (AvgIpc) is 3.04. The molecule has 0 fully saturated rings. The predicted octanol–water partition coefficient (Wildman–Crippen LogP) is 5.48. The van der Waals surface area contributed by atoms with E-state index in [1.54, 1.807) is 36.5 Å². The van der Waals surface area contributed by atoms with Gasteiger partial charge in [-0.3, -0.25) is 9.29 Å². The predicted molar refractivity (Wildman–Crippen MR) is 125 cm³/mol. The molecule has 4 aromatic rings. The number of sulfonamides is 1. The highest BCUT2D eigenvalue weighted by Gasteiger charge is 2.21. The third kappa shape index (κ3) is 4.16. The topological polar surface area (TPSA) is 76.9 Å². The van der Waals surface area contributed by atoms with Crippen molar-refractivity contribution in [2.24, 2.45) is 0 Å². The maximum absolute atomic E-state index is 13.1. The number of rotatable bonds is 4. The molecule has 8 heteroatoms. The Morgan fingerprint density at radius 2 is 1.74 bits per heavy atom. The van der Waals surface area contributed by atoms with E-state index < -0.39 is 10.0 Å². The summed E-state index contributed by atoms with van der Waals surface area (Å²) in [5.74, 6) is 0.672. The molecule has 0 aliphatic heterocycles. The molecule has 160 valence electrons. The minimum atomic E-state index is -3.81. The van der Waals surface area contributed by atoms with Gasteiger partial charge in [0.15, 0.2) is 5.65 Å². The van der Waals surface area contributed by atoms with Gasteiger partial charge in [0.05, 0.1) is 21.8 Å². The molecule has 1 N–H and O–H groups in total. The molecule has 0 aliphatic rings. The Kier molecular flexibility index (Phi) is 5.27. The Bertz CT molecular complexity index is 1370. The number of anilines is 1. The molecule has 0 saturated carbocycles. The summed E-state index contributed by atoms with van der Waals surface area (Å²) in [6.07, 6.45) is 1.67. The van der Waals surface area contributed by atoms with Gasteiger partial charge in [-0.25, -0.2) is 18.4 Å². The Morgan fingerprint density at radius 3 is 2.42 bits per heavy atom. The molecule has 0 atom stereocenters. The zero-order valence-corrected chi connectivity index (χ0v) is 19.3. The SMILES string of the molecule is Cc1nc2ncccc2n1-c1cc(Cl)ccc1NS(=O)(=O)c1ccc(C(C)(C)C)cc1. The number of aryl methyl sites for hydroxylation is 1. The molecule has 2 aromatic heterocycles. The molecule has 2 heterocycles. The third-order valence-electron chi connectivity index (χ3n) is 5.07. The van der Waals surface area contributed by atoms with Gasteiger partial charge in [-0.15, -0.1) is 0 Å². The summed E-state index contributed by atoms with van der Waals surface area (Å²) in [5.41, 5.74) is 3.31. The van der Waals surface area contributed by atoms with E-state index in [9.17, 15) is 8.42 Å². The summed E-state index contributed by atoms with van der Waals surface area (Å²) in [4.78, 5) is 8.96. The Balaban J connectivity index is 1.79. The smallest absolute Gasteiger partial charge is 0.261 e. The molecule has 0 amide bonds. The number of nitrogens with zero attached hydrogens (tertiary/aromatic N) is 3. The van der Waals surface area contributed by atoms with Crippen LogP contribution in [0.2, 0.25) is 5.02 Å². The summed E-state index contributed by atoms with van der Waals surface area (Å²) < 4.78 is 30.8. The van der Waals surface area contributed by atoms with Crippen LogP contribution in [0.4, 0.5) is 5.69 Å². The molecule has 2 aromatic carbocycles. The molecule has 0 radical (unpaired) electrons. The van der Waals surface area contributed by atoms with Crippen molar-refractivity contribution >= 4 is 38.5 Å². The maximum Gasteiger partial charge on any atom is 0.261 e. The fourth-order valence-corrected chi connectivity index (χ4v) is 4.69. The maximum atomic E-state index is 13.1. The molecule has 0 saturated heterocycles. The van der Waals surface area contributed by atoms with E-state index in [0.29, 0.717) is 27.9 Å². The Labute approximate surface area is 187 Å². The number of nitrogens with one attached hydrogen (secondary N) is 1. The van der Waals surface area contributed by atoms with Crippen LogP contribution in [0.15, 0.2) is 65.7 Å². The third-order valence-corrected chi connectivity index (χ3v) is 6.69. The lowest BCUT2D eigenvalue weighted by Gasteiger charge is -2.19. The Morgan fingerprint density at radius 1 is 1.03 bits per heavy atom. The van der Waals surface area contributed by atoms with Gasteiger partial charge < -0.3 is 0 Å². The standard InChI is InChI=1S/C23H23ClN4O2S/c1-15-26-22-20(6-5-13-25-22)28(15)21-14-17(24)9-12-19(21)27-31(29,30)18-10-7-16(8-11-18)23(2,3)4/h5-14,27H,1-4H3. The fourth-order valence-electron chi connectivity index (χ4n) is 3.44. The Hall–Kier alpha value is -2.90. The minimum Gasteiger partial charge on any atom is -0.293 e. The van der Waals surface area contributed by atoms with E-state index in [1.165, 1.54) is 0 Å². The molecular formula is C23H23ClN4O2S. The number of aromatic nitrogens is 3. The normalized spacial score (nSPS) is 12.3. The fraction of sp³-hybridized carbons (Fsp3) is 0.217. The van der Waals surface area contributed by atoms with Crippen molar-refractivity contribution in [2.75, 3.05) is 4.72 Å². The molecule has 0 bridgehead atoms. The lowest BCUT2D eigenvalue weighted by Crippen LogP contribution is -2.16. The van der Waals surface area contributed by atoms with Crippen molar-refractivity contribution in [2.45, 2.75) is 38.0 Å². The number of imidazole rings is 1. The molecule has 6 nitrogen and oxygen atoms in total. The number of fused-ring (bicyclic) bond motifs is 1. The lowest BCUT2D eigenvalue weighted by molar-refractivity contribution is 0.587. The largest absolute Gasteiger partial charge is 0.293 e. The monoisotopic (exact) mass is 454 g/mol. The van der Waals surface area contributed by atoms with E-state index in [1.807, 2.05) is 35.8 Å². The summed E-state index contributed by atoms with van der Waals surface area (Å²) in [6, 6.07) is 15.6. The van der Waals surface area contributed by atoms with E-state index in [2.05, 4.69) is 35.5 Å². The van der Waals surface area contributed by atoms with Gasteiger partial charge in [-0.05, 0) is 60.4 Å². The van der Waals surface area contributed by atoms with Crippen LogP contribution in [0.25, 0.3) is 16.9 Å². The van der Waals surface area contributed by atoms with E-state index in [-0.39, 0.29) is 10.3 Å². The molecule has 0 unspecified atom stereocenters. The van der Waals surface area contributed by atoms with Crippen LogP contribution in [0.3, 0.4) is 0 Å². The van der Waals surface area contributed by atoms with E-state index >= 15 is 0 Å².